The number of ether oxygens (including phenoxy) is 1. The Morgan fingerprint density at radius 1 is 1.42 bits per heavy atom. The van der Waals surface area contributed by atoms with Crippen LogP contribution in [0.25, 0.3) is 0 Å². The predicted octanol–water partition coefficient (Wildman–Crippen LogP) is 2.74. The Balaban J connectivity index is 2.22. The normalized spacial score (nSPS) is 19.4. The first kappa shape index (κ1) is 14.4. The largest absolute Gasteiger partial charge is 0.497 e. The third kappa shape index (κ3) is 3.48. The number of nitrogens with two attached hydrogens (primary N) is 1. The molecule has 0 heterocycles. The number of hydrogen-bond donors (Lipinski definition) is 1. The van der Waals surface area contributed by atoms with Gasteiger partial charge >= 0.3 is 0 Å². The van der Waals surface area contributed by atoms with Crippen molar-refractivity contribution in [3.05, 3.63) is 29.3 Å². The third-order valence-corrected chi connectivity index (χ3v) is 3.82. The Hall–Kier alpha value is -1.06. The van der Waals surface area contributed by atoms with Crippen LogP contribution in [0, 0.1) is 0 Å². The third-order valence-electron chi connectivity index (χ3n) is 3.82. The standard InChI is InChI=1S/C16H26N2O/c1-16(2,17)11-18(3)15-7-5-6-12-10-13(19-4)8-9-14(12)15/h8-10,15H,5-7,11,17H2,1-4H3. The van der Waals surface area contributed by atoms with Gasteiger partial charge in [0.25, 0.3) is 0 Å². The lowest BCUT2D eigenvalue weighted by Gasteiger charge is -2.36. The quantitative estimate of drug-likeness (QED) is 0.906. The summed E-state index contributed by atoms with van der Waals surface area (Å²) in [4.78, 5) is 2.39. The number of methoxy groups -OCH3 is 1. The van der Waals surface area contributed by atoms with Gasteiger partial charge in [-0.05, 0) is 63.4 Å². The molecule has 2 rings (SSSR count). The zero-order chi connectivity index (χ0) is 14.0. The van der Waals surface area contributed by atoms with E-state index in [0.29, 0.717) is 6.04 Å². The molecule has 106 valence electrons. The average Bonchev–Trinajstić information content (AvgIpc) is 2.35. The average molecular weight is 262 g/mol. The fraction of sp³-hybridized carbons (Fsp3) is 0.625. The number of hydrogen-bond acceptors (Lipinski definition) is 3. The van der Waals surface area contributed by atoms with Gasteiger partial charge in [-0.3, -0.25) is 4.90 Å². The molecule has 0 bridgehead atoms. The van der Waals surface area contributed by atoms with E-state index in [-0.39, 0.29) is 5.54 Å². The van der Waals surface area contributed by atoms with Crippen LogP contribution in [0.3, 0.4) is 0 Å². The number of nitrogens with zero attached hydrogens (tertiary/aromatic N) is 1. The fourth-order valence-electron chi connectivity index (χ4n) is 3.10. The summed E-state index contributed by atoms with van der Waals surface area (Å²) in [6.45, 7) is 5.08. The van der Waals surface area contributed by atoms with Gasteiger partial charge in [-0.1, -0.05) is 6.07 Å². The maximum Gasteiger partial charge on any atom is 0.119 e. The summed E-state index contributed by atoms with van der Waals surface area (Å²) < 4.78 is 5.32. The van der Waals surface area contributed by atoms with Crippen LogP contribution in [0.5, 0.6) is 5.75 Å². The molecule has 1 aliphatic carbocycles. The first-order chi connectivity index (χ1) is 8.90. The summed E-state index contributed by atoms with van der Waals surface area (Å²) in [6, 6.07) is 6.96. The molecule has 1 atom stereocenters. The monoisotopic (exact) mass is 262 g/mol. The minimum absolute atomic E-state index is 0.154. The van der Waals surface area contributed by atoms with E-state index in [4.69, 9.17) is 10.5 Å². The zero-order valence-electron chi connectivity index (χ0n) is 12.6. The molecule has 19 heavy (non-hydrogen) atoms. The first-order valence-corrected chi connectivity index (χ1v) is 7.06. The molecular formula is C16H26N2O. The molecule has 0 spiro atoms. The lowest BCUT2D eigenvalue weighted by atomic mass is 9.86. The van der Waals surface area contributed by atoms with E-state index in [1.807, 2.05) is 0 Å². The van der Waals surface area contributed by atoms with E-state index in [1.54, 1.807) is 7.11 Å². The molecule has 2 N–H and O–H groups in total. The van der Waals surface area contributed by atoms with Crippen molar-refractivity contribution in [1.29, 1.82) is 0 Å². The van der Waals surface area contributed by atoms with Gasteiger partial charge in [0.15, 0.2) is 0 Å². The molecule has 0 saturated carbocycles. The Morgan fingerprint density at radius 2 is 2.16 bits per heavy atom. The van der Waals surface area contributed by atoms with Gasteiger partial charge in [0.1, 0.15) is 5.75 Å². The lowest BCUT2D eigenvalue weighted by molar-refractivity contribution is 0.185. The van der Waals surface area contributed by atoms with Crippen molar-refractivity contribution in [2.24, 2.45) is 5.73 Å². The molecule has 0 radical (unpaired) electrons. The summed E-state index contributed by atoms with van der Waals surface area (Å²) in [6.07, 6.45) is 3.61. The van der Waals surface area contributed by atoms with Gasteiger partial charge in [-0.2, -0.15) is 0 Å². The molecular weight excluding hydrogens is 236 g/mol. The highest BCUT2D eigenvalue weighted by atomic mass is 16.5. The summed E-state index contributed by atoms with van der Waals surface area (Å²) in [5, 5.41) is 0. The number of rotatable bonds is 4. The van der Waals surface area contributed by atoms with Crippen LogP contribution >= 0.6 is 0 Å². The SMILES string of the molecule is COc1ccc2c(c1)CCCC2N(C)CC(C)(C)N. The van der Waals surface area contributed by atoms with E-state index >= 15 is 0 Å². The van der Waals surface area contributed by atoms with Crippen LogP contribution in [0.15, 0.2) is 18.2 Å². The van der Waals surface area contributed by atoms with Gasteiger partial charge in [-0.25, -0.2) is 0 Å². The second kappa shape index (κ2) is 5.51. The molecule has 3 nitrogen and oxygen atoms in total. The Kier molecular flexibility index (Phi) is 4.16. The Morgan fingerprint density at radius 3 is 2.79 bits per heavy atom. The van der Waals surface area contributed by atoms with Gasteiger partial charge in [0.2, 0.25) is 0 Å². The Labute approximate surface area is 116 Å². The van der Waals surface area contributed by atoms with Crippen LogP contribution < -0.4 is 10.5 Å². The fourth-order valence-corrected chi connectivity index (χ4v) is 3.10. The van der Waals surface area contributed by atoms with Crippen molar-refractivity contribution in [2.75, 3.05) is 20.7 Å². The predicted molar refractivity (Wildman–Crippen MR) is 79.6 cm³/mol. The minimum atomic E-state index is -0.154. The number of benzene rings is 1. The molecule has 0 fully saturated rings. The van der Waals surface area contributed by atoms with Crippen molar-refractivity contribution in [3.8, 4) is 5.75 Å². The van der Waals surface area contributed by atoms with Gasteiger partial charge in [0.05, 0.1) is 7.11 Å². The number of fused-ring (bicyclic) bond motifs is 1. The molecule has 1 aromatic rings. The molecule has 0 aliphatic heterocycles. The molecule has 1 unspecified atom stereocenters. The maximum atomic E-state index is 6.15. The van der Waals surface area contributed by atoms with E-state index in [2.05, 4.69) is 44.0 Å². The van der Waals surface area contributed by atoms with Crippen LogP contribution in [0.2, 0.25) is 0 Å². The summed E-state index contributed by atoms with van der Waals surface area (Å²) in [5.41, 5.74) is 8.86. The first-order valence-electron chi connectivity index (χ1n) is 7.06. The van der Waals surface area contributed by atoms with Crippen molar-refractivity contribution in [2.45, 2.75) is 44.7 Å². The topological polar surface area (TPSA) is 38.5 Å². The second-order valence-electron chi connectivity index (χ2n) is 6.38. The van der Waals surface area contributed by atoms with Crippen molar-refractivity contribution in [1.82, 2.24) is 4.90 Å². The van der Waals surface area contributed by atoms with Crippen LogP contribution in [-0.2, 0) is 6.42 Å². The van der Waals surface area contributed by atoms with Crippen LogP contribution in [0.1, 0.15) is 43.9 Å². The van der Waals surface area contributed by atoms with Gasteiger partial charge in [-0.15, -0.1) is 0 Å². The van der Waals surface area contributed by atoms with Crippen LogP contribution in [-0.4, -0.2) is 31.1 Å². The molecule has 0 saturated heterocycles. The highest BCUT2D eigenvalue weighted by Crippen LogP contribution is 2.35. The highest BCUT2D eigenvalue weighted by molar-refractivity contribution is 5.39. The Bertz CT molecular complexity index is 437. The highest BCUT2D eigenvalue weighted by Gasteiger charge is 2.26. The summed E-state index contributed by atoms with van der Waals surface area (Å²) in [7, 11) is 3.91. The number of likely N-dealkylation sites (N-methyl/N-ethyl adjacent to an activating group) is 1. The zero-order valence-corrected chi connectivity index (χ0v) is 12.6. The van der Waals surface area contributed by atoms with Crippen molar-refractivity contribution >= 4 is 0 Å². The summed E-state index contributed by atoms with van der Waals surface area (Å²) >= 11 is 0. The van der Waals surface area contributed by atoms with Crippen molar-refractivity contribution in [3.63, 3.8) is 0 Å². The van der Waals surface area contributed by atoms with E-state index < -0.39 is 0 Å². The minimum Gasteiger partial charge on any atom is -0.497 e. The van der Waals surface area contributed by atoms with E-state index in [1.165, 1.54) is 24.0 Å². The van der Waals surface area contributed by atoms with Crippen LogP contribution in [0.4, 0.5) is 0 Å². The molecule has 1 aliphatic rings. The second-order valence-corrected chi connectivity index (χ2v) is 6.38. The van der Waals surface area contributed by atoms with Gasteiger partial charge < -0.3 is 10.5 Å². The molecule has 3 heteroatoms. The molecule has 0 aromatic heterocycles. The van der Waals surface area contributed by atoms with E-state index in [0.717, 1.165) is 18.7 Å². The summed E-state index contributed by atoms with van der Waals surface area (Å²) in [5.74, 6) is 0.959. The van der Waals surface area contributed by atoms with Crippen molar-refractivity contribution < 1.29 is 4.74 Å². The molecule has 1 aromatic carbocycles. The van der Waals surface area contributed by atoms with E-state index in [9.17, 15) is 0 Å². The molecule has 0 amide bonds. The number of aryl methyl sites for hydroxylation is 1. The lowest BCUT2D eigenvalue weighted by Crippen LogP contribution is -2.45. The maximum absolute atomic E-state index is 6.15. The smallest absolute Gasteiger partial charge is 0.119 e. The van der Waals surface area contributed by atoms with Gasteiger partial charge in [0, 0.05) is 18.1 Å².